The van der Waals surface area contributed by atoms with E-state index < -0.39 is 6.04 Å². The summed E-state index contributed by atoms with van der Waals surface area (Å²) in [5.41, 5.74) is 1.25. The molecule has 2 atom stereocenters. The molecule has 0 aliphatic carbocycles. The quantitative estimate of drug-likeness (QED) is 0.160. The lowest BCUT2D eigenvalue weighted by Crippen LogP contribution is -2.59. The number of unbranched alkanes of at least 4 members (excludes halogenated alkanes) is 4. The van der Waals surface area contributed by atoms with E-state index in [0.717, 1.165) is 51.6 Å². The molecule has 3 rings (SSSR count). The molecule has 1 fully saturated rings. The van der Waals surface area contributed by atoms with E-state index in [0.29, 0.717) is 49.0 Å². The number of rotatable bonds is 19. The van der Waals surface area contributed by atoms with Crippen molar-refractivity contribution < 1.29 is 19.5 Å². The zero-order valence-corrected chi connectivity index (χ0v) is 30.4. The van der Waals surface area contributed by atoms with Crippen LogP contribution in [0.5, 0.6) is 0 Å². The van der Waals surface area contributed by atoms with Crippen molar-refractivity contribution in [3.8, 4) is 0 Å². The first-order valence-electron chi connectivity index (χ1n) is 18.1. The largest absolute Gasteiger partial charge is 0.395 e. The number of aliphatic hydroxyl groups is 1. The van der Waals surface area contributed by atoms with Gasteiger partial charge in [-0.25, -0.2) is 4.79 Å². The van der Waals surface area contributed by atoms with Crippen LogP contribution in [0, 0.1) is 5.92 Å². The third-order valence-corrected chi connectivity index (χ3v) is 9.63. The number of para-hydroxylation sites is 1. The smallest absolute Gasteiger partial charge is 0.329 e. The summed E-state index contributed by atoms with van der Waals surface area (Å²) in [5, 5.41) is 10.5. The van der Waals surface area contributed by atoms with Crippen LogP contribution in [0.3, 0.4) is 0 Å². The van der Waals surface area contributed by atoms with Gasteiger partial charge in [-0.1, -0.05) is 89.2 Å². The molecule has 266 valence electrons. The third kappa shape index (κ3) is 11.2. The van der Waals surface area contributed by atoms with Crippen LogP contribution in [0.15, 0.2) is 54.6 Å². The average Bonchev–Trinajstić information content (AvgIpc) is 3.10. The molecule has 9 nitrogen and oxygen atoms in total. The summed E-state index contributed by atoms with van der Waals surface area (Å²) in [6.45, 7) is 12.9. The predicted octanol–water partition coefficient (Wildman–Crippen LogP) is 7.05. The highest BCUT2D eigenvalue weighted by Crippen LogP contribution is 2.33. The number of hydrogen-bond donors (Lipinski definition) is 1. The van der Waals surface area contributed by atoms with Gasteiger partial charge in [0.25, 0.3) is 0 Å². The highest BCUT2D eigenvalue weighted by atomic mass is 35.5. The van der Waals surface area contributed by atoms with Crippen LogP contribution in [0.1, 0.15) is 79.1 Å². The molecular formula is C38H58ClN5O4. The third-order valence-electron chi connectivity index (χ3n) is 9.39. The number of likely N-dealkylation sites (N-methyl/N-ethyl adjacent to an activating group) is 1. The van der Waals surface area contributed by atoms with Crippen LogP contribution in [0.4, 0.5) is 16.2 Å². The maximum Gasteiger partial charge on any atom is 0.329 e. The molecule has 1 heterocycles. The SMILES string of the molecule is CCCCCN(CCCCC)C(=O)C1CCN(C(=O)N(c2ccccc2)c2cccc(Cl)c2)C(C(=O)N(CCO)CCN(CC)CC)C1. The Bertz CT molecular complexity index is 1250. The van der Waals surface area contributed by atoms with Gasteiger partial charge in [0, 0.05) is 50.2 Å². The van der Waals surface area contributed by atoms with Gasteiger partial charge in [0.15, 0.2) is 0 Å². The summed E-state index contributed by atoms with van der Waals surface area (Å²) in [4.78, 5) is 52.6. The van der Waals surface area contributed by atoms with Gasteiger partial charge in [-0.05, 0) is 69.1 Å². The van der Waals surface area contributed by atoms with Gasteiger partial charge < -0.3 is 24.7 Å². The van der Waals surface area contributed by atoms with Gasteiger partial charge in [-0.3, -0.25) is 14.5 Å². The molecule has 1 saturated heterocycles. The lowest BCUT2D eigenvalue weighted by atomic mass is 9.88. The molecule has 1 aliphatic heterocycles. The lowest BCUT2D eigenvalue weighted by molar-refractivity contribution is -0.143. The molecule has 10 heteroatoms. The van der Waals surface area contributed by atoms with Crippen molar-refractivity contribution in [3.63, 3.8) is 0 Å². The number of carbonyl (C=O) groups excluding carboxylic acids is 3. The van der Waals surface area contributed by atoms with Crippen LogP contribution in [-0.2, 0) is 9.59 Å². The van der Waals surface area contributed by atoms with Crippen molar-refractivity contribution in [3.05, 3.63) is 59.6 Å². The second-order valence-corrected chi connectivity index (χ2v) is 13.1. The average molecular weight is 684 g/mol. The van der Waals surface area contributed by atoms with E-state index in [9.17, 15) is 19.5 Å². The molecule has 1 aliphatic rings. The van der Waals surface area contributed by atoms with E-state index in [1.807, 2.05) is 41.3 Å². The zero-order valence-electron chi connectivity index (χ0n) is 29.7. The molecule has 0 spiro atoms. The fourth-order valence-electron chi connectivity index (χ4n) is 6.50. The van der Waals surface area contributed by atoms with E-state index in [1.165, 1.54) is 0 Å². The van der Waals surface area contributed by atoms with Crippen LogP contribution in [0.2, 0.25) is 5.02 Å². The van der Waals surface area contributed by atoms with Crippen molar-refractivity contribution in [1.82, 2.24) is 19.6 Å². The predicted molar refractivity (Wildman–Crippen MR) is 196 cm³/mol. The van der Waals surface area contributed by atoms with E-state index in [4.69, 9.17) is 11.6 Å². The minimum Gasteiger partial charge on any atom is -0.395 e. The molecular weight excluding hydrogens is 626 g/mol. The second-order valence-electron chi connectivity index (χ2n) is 12.7. The molecule has 0 saturated carbocycles. The lowest BCUT2D eigenvalue weighted by Gasteiger charge is -2.43. The first-order chi connectivity index (χ1) is 23.3. The highest BCUT2D eigenvalue weighted by Gasteiger charge is 2.43. The van der Waals surface area contributed by atoms with Crippen LogP contribution in [0.25, 0.3) is 0 Å². The van der Waals surface area contributed by atoms with Gasteiger partial charge in [-0.15, -0.1) is 0 Å². The van der Waals surface area contributed by atoms with E-state index in [2.05, 4.69) is 32.6 Å². The Kier molecular flexibility index (Phi) is 17.2. The van der Waals surface area contributed by atoms with E-state index in [-0.39, 0.29) is 49.9 Å². The minimum absolute atomic E-state index is 0.0821. The number of amides is 4. The van der Waals surface area contributed by atoms with Crippen molar-refractivity contribution in [1.29, 1.82) is 0 Å². The maximum atomic E-state index is 14.7. The van der Waals surface area contributed by atoms with Gasteiger partial charge >= 0.3 is 6.03 Å². The number of carbonyl (C=O) groups is 3. The Morgan fingerprint density at radius 2 is 1.40 bits per heavy atom. The minimum atomic E-state index is -0.859. The molecule has 0 aromatic heterocycles. The van der Waals surface area contributed by atoms with Crippen LogP contribution < -0.4 is 4.90 Å². The standard InChI is InChI=1S/C38H58ClN5O4/c1-5-9-14-22-41(23-15-10-6-2)36(46)31-21-24-43(35(29-31)37(47)42(27-28-45)26-25-40(7-3)8-4)38(48)44(33-18-12-11-13-19-33)34-20-16-17-32(39)30-34/h11-13,16-20,30-31,35,45H,5-10,14-15,21-29H2,1-4H3. The van der Waals surface area contributed by atoms with Gasteiger partial charge in [0.1, 0.15) is 6.04 Å². The Hall–Kier alpha value is -3.14. The summed E-state index contributed by atoms with van der Waals surface area (Å²) >= 11 is 6.40. The Morgan fingerprint density at radius 3 is 1.98 bits per heavy atom. The molecule has 1 N–H and O–H groups in total. The summed E-state index contributed by atoms with van der Waals surface area (Å²) in [5.74, 6) is -0.523. The fraction of sp³-hybridized carbons (Fsp3) is 0.605. The molecule has 4 amide bonds. The number of aliphatic hydroxyl groups excluding tert-OH is 1. The van der Waals surface area contributed by atoms with Crippen LogP contribution in [-0.4, -0.2) is 108 Å². The number of anilines is 2. The Labute approximate surface area is 293 Å². The molecule has 0 radical (unpaired) electrons. The number of hydrogen-bond acceptors (Lipinski definition) is 5. The molecule has 48 heavy (non-hydrogen) atoms. The second kappa shape index (κ2) is 21.1. The number of likely N-dealkylation sites (tertiary alicyclic amines) is 1. The first kappa shape index (κ1) is 39.3. The number of halogens is 1. The molecule has 2 aromatic carbocycles. The fourth-order valence-corrected chi connectivity index (χ4v) is 6.69. The monoisotopic (exact) mass is 683 g/mol. The number of piperidine rings is 1. The molecule has 0 bridgehead atoms. The van der Waals surface area contributed by atoms with Crippen LogP contribution >= 0.6 is 11.6 Å². The molecule has 2 aromatic rings. The highest BCUT2D eigenvalue weighted by molar-refractivity contribution is 6.31. The number of urea groups is 1. The normalized spacial score (nSPS) is 16.2. The van der Waals surface area contributed by atoms with E-state index >= 15 is 0 Å². The van der Waals surface area contributed by atoms with Crippen molar-refractivity contribution >= 4 is 40.8 Å². The van der Waals surface area contributed by atoms with Gasteiger partial charge in [-0.2, -0.15) is 0 Å². The zero-order chi connectivity index (χ0) is 34.9. The summed E-state index contributed by atoms with van der Waals surface area (Å²) in [6, 6.07) is 15.3. The molecule has 2 unspecified atom stereocenters. The summed E-state index contributed by atoms with van der Waals surface area (Å²) in [7, 11) is 0. The van der Waals surface area contributed by atoms with Gasteiger partial charge in [0.2, 0.25) is 11.8 Å². The number of benzene rings is 2. The van der Waals surface area contributed by atoms with Crippen molar-refractivity contribution in [2.24, 2.45) is 5.92 Å². The topological polar surface area (TPSA) is 87.6 Å². The maximum absolute atomic E-state index is 14.7. The van der Waals surface area contributed by atoms with E-state index in [1.54, 1.807) is 32.9 Å². The van der Waals surface area contributed by atoms with Gasteiger partial charge in [0.05, 0.1) is 18.0 Å². The Balaban J connectivity index is 2.00. The first-order valence-corrected chi connectivity index (χ1v) is 18.5. The Morgan fingerprint density at radius 1 is 0.771 bits per heavy atom. The summed E-state index contributed by atoms with van der Waals surface area (Å²) in [6.07, 6.45) is 6.90. The summed E-state index contributed by atoms with van der Waals surface area (Å²) < 4.78 is 0. The van der Waals surface area contributed by atoms with Crippen molar-refractivity contribution in [2.75, 3.05) is 63.9 Å². The number of nitrogens with zero attached hydrogens (tertiary/aromatic N) is 5. The van der Waals surface area contributed by atoms with Crippen molar-refractivity contribution in [2.45, 2.75) is 85.1 Å².